The second kappa shape index (κ2) is 13.7. The van der Waals surface area contributed by atoms with E-state index >= 15 is 0 Å². The number of halogens is 1. The van der Waals surface area contributed by atoms with E-state index < -0.39 is 0 Å². The highest BCUT2D eigenvalue weighted by atomic mass is 127. The van der Waals surface area contributed by atoms with E-state index in [0.717, 1.165) is 34.9 Å². The molecule has 7 nitrogen and oxygen atoms in total. The number of guanidine groups is 1. The van der Waals surface area contributed by atoms with Gasteiger partial charge >= 0.3 is 0 Å². The van der Waals surface area contributed by atoms with Crippen molar-refractivity contribution in [3.05, 3.63) is 53.6 Å². The predicted octanol–water partition coefficient (Wildman–Crippen LogP) is 4.17. The zero-order chi connectivity index (χ0) is 21.9. The topological polar surface area (TPSA) is 84.0 Å². The average molecular weight is 540 g/mol. The van der Waals surface area contributed by atoms with Crippen LogP contribution in [-0.2, 0) is 17.9 Å². The molecule has 0 saturated heterocycles. The van der Waals surface area contributed by atoms with E-state index in [0.29, 0.717) is 19.0 Å². The lowest BCUT2D eigenvalue weighted by Crippen LogP contribution is -2.36. The van der Waals surface area contributed by atoms with Crippen molar-refractivity contribution in [2.75, 3.05) is 26.1 Å². The quantitative estimate of drug-likeness (QED) is 0.253. The minimum absolute atomic E-state index is 0. The monoisotopic (exact) mass is 540 g/mol. The van der Waals surface area contributed by atoms with Gasteiger partial charge in [0.25, 0.3) is 0 Å². The number of hydrogen-bond acceptors (Lipinski definition) is 4. The molecule has 0 aromatic heterocycles. The normalized spacial score (nSPS) is 10.8. The van der Waals surface area contributed by atoms with Gasteiger partial charge in [0.05, 0.1) is 20.8 Å². The summed E-state index contributed by atoms with van der Waals surface area (Å²) in [5.74, 6) is 2.19. The van der Waals surface area contributed by atoms with Crippen molar-refractivity contribution in [1.29, 1.82) is 0 Å². The molecule has 0 aliphatic rings. The molecule has 0 spiro atoms. The molecule has 8 heteroatoms. The first kappa shape index (κ1) is 26.5. The van der Waals surface area contributed by atoms with Gasteiger partial charge in [-0.2, -0.15) is 0 Å². The van der Waals surface area contributed by atoms with E-state index in [1.165, 1.54) is 0 Å². The summed E-state index contributed by atoms with van der Waals surface area (Å²) in [7, 11) is 3.28. The van der Waals surface area contributed by atoms with Crippen LogP contribution in [0, 0.1) is 5.92 Å². The number of aliphatic imine (C=N–C) groups is 1. The van der Waals surface area contributed by atoms with Crippen molar-refractivity contribution in [2.24, 2.45) is 10.9 Å². The van der Waals surface area contributed by atoms with Crippen LogP contribution in [0.3, 0.4) is 0 Å². The number of rotatable bonds is 9. The Bertz CT molecular complexity index is 854. The number of carbonyl (C=O) groups excluding carboxylic acids is 1. The first-order valence-corrected chi connectivity index (χ1v) is 10.1. The van der Waals surface area contributed by atoms with Gasteiger partial charge < -0.3 is 25.4 Å². The molecule has 0 bridgehead atoms. The maximum atomic E-state index is 11.8. The van der Waals surface area contributed by atoms with Crippen LogP contribution < -0.4 is 25.4 Å². The third kappa shape index (κ3) is 8.64. The fraction of sp³-hybridized carbons (Fsp3) is 0.391. The van der Waals surface area contributed by atoms with Crippen LogP contribution in [0.2, 0.25) is 0 Å². The maximum Gasteiger partial charge on any atom is 0.226 e. The highest BCUT2D eigenvalue weighted by molar-refractivity contribution is 14.0. The summed E-state index contributed by atoms with van der Waals surface area (Å²) in [5, 5.41) is 9.47. The Morgan fingerprint density at radius 2 is 1.74 bits per heavy atom. The van der Waals surface area contributed by atoms with Gasteiger partial charge in [0, 0.05) is 36.3 Å². The number of anilines is 1. The van der Waals surface area contributed by atoms with Crippen molar-refractivity contribution in [2.45, 2.75) is 33.9 Å². The third-order valence-corrected chi connectivity index (χ3v) is 4.45. The zero-order valence-electron chi connectivity index (χ0n) is 18.8. The van der Waals surface area contributed by atoms with Gasteiger partial charge in [-0.1, -0.05) is 26.0 Å². The number of carbonyl (C=O) groups is 1. The van der Waals surface area contributed by atoms with Gasteiger partial charge in [0.1, 0.15) is 11.5 Å². The summed E-state index contributed by atoms with van der Waals surface area (Å²) in [4.78, 5) is 16.4. The Labute approximate surface area is 202 Å². The maximum absolute atomic E-state index is 11.8. The first-order chi connectivity index (χ1) is 14.5. The molecule has 31 heavy (non-hydrogen) atoms. The SMILES string of the molecule is CCNC(=NCc1ccc(NC(=O)C(C)C)cc1)NCc1ccc(OC)cc1OC.I. The van der Waals surface area contributed by atoms with Crippen LogP contribution in [-0.4, -0.2) is 32.6 Å². The third-order valence-electron chi connectivity index (χ3n) is 4.45. The number of ether oxygens (including phenoxy) is 2. The molecule has 0 radical (unpaired) electrons. The van der Waals surface area contributed by atoms with Crippen LogP contribution >= 0.6 is 24.0 Å². The summed E-state index contributed by atoms with van der Waals surface area (Å²) in [6.45, 7) is 7.61. The summed E-state index contributed by atoms with van der Waals surface area (Å²) in [6.07, 6.45) is 0. The van der Waals surface area contributed by atoms with Gasteiger partial charge in [-0.3, -0.25) is 4.79 Å². The van der Waals surface area contributed by atoms with Gasteiger partial charge in [-0.15, -0.1) is 24.0 Å². The van der Waals surface area contributed by atoms with Gasteiger partial charge in [-0.25, -0.2) is 4.99 Å². The molecule has 0 aliphatic heterocycles. The molecular formula is C23H33IN4O3. The molecule has 0 saturated carbocycles. The summed E-state index contributed by atoms with van der Waals surface area (Å²) in [6, 6.07) is 13.5. The van der Waals surface area contributed by atoms with Crippen molar-refractivity contribution in [3.63, 3.8) is 0 Å². The number of nitrogens with one attached hydrogen (secondary N) is 3. The fourth-order valence-electron chi connectivity index (χ4n) is 2.67. The Morgan fingerprint density at radius 3 is 2.32 bits per heavy atom. The number of methoxy groups -OCH3 is 2. The Hall–Kier alpha value is -2.49. The second-order valence-electron chi connectivity index (χ2n) is 7.07. The number of amides is 1. The van der Waals surface area contributed by atoms with Crippen molar-refractivity contribution < 1.29 is 14.3 Å². The van der Waals surface area contributed by atoms with Crippen molar-refractivity contribution in [1.82, 2.24) is 10.6 Å². The van der Waals surface area contributed by atoms with Gasteiger partial charge in [0.15, 0.2) is 5.96 Å². The van der Waals surface area contributed by atoms with E-state index in [2.05, 4.69) is 20.9 Å². The number of nitrogens with zero attached hydrogens (tertiary/aromatic N) is 1. The summed E-state index contributed by atoms with van der Waals surface area (Å²) >= 11 is 0. The van der Waals surface area contributed by atoms with Gasteiger partial charge in [0.2, 0.25) is 5.91 Å². The molecular weight excluding hydrogens is 507 g/mol. The van der Waals surface area contributed by atoms with E-state index in [1.54, 1.807) is 14.2 Å². The van der Waals surface area contributed by atoms with E-state index in [1.807, 2.05) is 63.2 Å². The minimum atomic E-state index is -0.0487. The van der Waals surface area contributed by atoms with Gasteiger partial charge in [-0.05, 0) is 36.8 Å². The predicted molar refractivity (Wildman–Crippen MR) is 137 cm³/mol. The fourth-order valence-corrected chi connectivity index (χ4v) is 2.67. The molecule has 1 amide bonds. The molecule has 170 valence electrons. The lowest BCUT2D eigenvalue weighted by atomic mass is 10.1. The highest BCUT2D eigenvalue weighted by Gasteiger charge is 2.08. The molecule has 0 unspecified atom stereocenters. The minimum Gasteiger partial charge on any atom is -0.497 e. The number of hydrogen-bond donors (Lipinski definition) is 3. The van der Waals surface area contributed by atoms with Crippen LogP contribution in [0.5, 0.6) is 11.5 Å². The van der Waals surface area contributed by atoms with Crippen LogP contribution in [0.25, 0.3) is 0 Å². The largest absolute Gasteiger partial charge is 0.497 e. The molecule has 0 heterocycles. The lowest BCUT2D eigenvalue weighted by molar-refractivity contribution is -0.118. The Kier molecular flexibility index (Phi) is 11.8. The molecule has 0 aliphatic carbocycles. The van der Waals surface area contributed by atoms with Crippen LogP contribution in [0.4, 0.5) is 5.69 Å². The molecule has 2 rings (SSSR count). The smallest absolute Gasteiger partial charge is 0.226 e. The van der Waals surface area contributed by atoms with Crippen molar-refractivity contribution >= 4 is 41.5 Å². The average Bonchev–Trinajstić information content (AvgIpc) is 2.76. The van der Waals surface area contributed by atoms with E-state index in [4.69, 9.17) is 9.47 Å². The number of benzene rings is 2. The summed E-state index contributed by atoms with van der Waals surface area (Å²) in [5.41, 5.74) is 2.85. The highest BCUT2D eigenvalue weighted by Crippen LogP contribution is 2.24. The van der Waals surface area contributed by atoms with E-state index in [-0.39, 0.29) is 35.8 Å². The van der Waals surface area contributed by atoms with Crippen LogP contribution in [0.15, 0.2) is 47.5 Å². The van der Waals surface area contributed by atoms with Crippen LogP contribution in [0.1, 0.15) is 31.9 Å². The molecule has 0 atom stereocenters. The first-order valence-electron chi connectivity index (χ1n) is 10.1. The molecule has 2 aromatic rings. The summed E-state index contributed by atoms with van der Waals surface area (Å²) < 4.78 is 10.7. The zero-order valence-corrected chi connectivity index (χ0v) is 21.2. The Morgan fingerprint density at radius 1 is 1.03 bits per heavy atom. The molecule has 3 N–H and O–H groups in total. The standard InChI is InChI=1S/C23H32N4O3.HI/c1-6-24-23(26-15-18-9-12-20(29-4)13-21(18)30-5)25-14-17-7-10-19(11-8-17)27-22(28)16(2)3;/h7-13,16H,6,14-15H2,1-5H3,(H,27,28)(H2,24,25,26);1H. The molecule has 2 aromatic carbocycles. The molecule has 0 fully saturated rings. The van der Waals surface area contributed by atoms with Crippen molar-refractivity contribution in [3.8, 4) is 11.5 Å². The second-order valence-corrected chi connectivity index (χ2v) is 7.07. The Balaban J connectivity index is 0.00000480. The van der Waals surface area contributed by atoms with E-state index in [9.17, 15) is 4.79 Å². The lowest BCUT2D eigenvalue weighted by Gasteiger charge is -2.14.